The van der Waals surface area contributed by atoms with Crippen LogP contribution in [0.2, 0.25) is 0 Å². The highest BCUT2D eigenvalue weighted by atomic mass is 16.5. The number of esters is 1. The van der Waals surface area contributed by atoms with Gasteiger partial charge in [0.1, 0.15) is 0 Å². The molecule has 0 aromatic carbocycles. The van der Waals surface area contributed by atoms with E-state index in [-0.39, 0.29) is 24.3 Å². The molecule has 0 aromatic rings. The molecule has 0 saturated heterocycles. The van der Waals surface area contributed by atoms with Gasteiger partial charge in [0.25, 0.3) is 0 Å². The average Bonchev–Trinajstić information content (AvgIpc) is 1.84. The van der Waals surface area contributed by atoms with E-state index < -0.39 is 0 Å². The SMILES string of the molecule is CCOC(=O)C[C@H](C)NC(C)=O. The van der Waals surface area contributed by atoms with Crippen LogP contribution in [0.4, 0.5) is 0 Å². The highest BCUT2D eigenvalue weighted by Gasteiger charge is 2.09. The molecule has 12 heavy (non-hydrogen) atoms. The first-order chi connectivity index (χ1) is 5.56. The second kappa shape index (κ2) is 5.57. The number of nitrogens with one attached hydrogen (secondary N) is 1. The first kappa shape index (κ1) is 10.9. The predicted molar refractivity (Wildman–Crippen MR) is 44.5 cm³/mol. The van der Waals surface area contributed by atoms with Crippen LogP contribution in [0.5, 0.6) is 0 Å². The quantitative estimate of drug-likeness (QED) is 0.628. The Morgan fingerprint density at radius 2 is 2.08 bits per heavy atom. The van der Waals surface area contributed by atoms with Gasteiger partial charge < -0.3 is 10.1 Å². The lowest BCUT2D eigenvalue weighted by Crippen LogP contribution is -2.32. The molecule has 0 heterocycles. The summed E-state index contributed by atoms with van der Waals surface area (Å²) in [7, 11) is 0. The predicted octanol–water partition coefficient (Wildman–Crippen LogP) is 0.464. The summed E-state index contributed by atoms with van der Waals surface area (Å²) in [4.78, 5) is 21.4. The molecular weight excluding hydrogens is 158 g/mol. The lowest BCUT2D eigenvalue weighted by molar-refractivity contribution is -0.143. The Balaban J connectivity index is 3.61. The molecule has 0 saturated carbocycles. The van der Waals surface area contributed by atoms with E-state index in [1.807, 2.05) is 0 Å². The maximum absolute atomic E-state index is 10.9. The van der Waals surface area contributed by atoms with Crippen molar-refractivity contribution >= 4 is 11.9 Å². The number of ether oxygens (including phenoxy) is 1. The molecule has 0 aliphatic heterocycles. The van der Waals surface area contributed by atoms with Crippen molar-refractivity contribution in [2.75, 3.05) is 6.61 Å². The Labute approximate surface area is 72.3 Å². The van der Waals surface area contributed by atoms with Crippen molar-refractivity contribution in [2.45, 2.75) is 33.2 Å². The average molecular weight is 173 g/mol. The van der Waals surface area contributed by atoms with Crippen molar-refractivity contribution in [2.24, 2.45) is 0 Å². The van der Waals surface area contributed by atoms with Crippen molar-refractivity contribution in [1.29, 1.82) is 0 Å². The molecule has 4 heteroatoms. The summed E-state index contributed by atoms with van der Waals surface area (Å²) in [6.07, 6.45) is 0.230. The molecule has 0 unspecified atom stereocenters. The van der Waals surface area contributed by atoms with Gasteiger partial charge in [-0.1, -0.05) is 0 Å². The molecule has 0 rings (SSSR count). The van der Waals surface area contributed by atoms with E-state index in [0.29, 0.717) is 6.61 Å². The fraction of sp³-hybridized carbons (Fsp3) is 0.750. The number of amides is 1. The Morgan fingerprint density at radius 3 is 2.50 bits per heavy atom. The largest absolute Gasteiger partial charge is 0.466 e. The van der Waals surface area contributed by atoms with Crippen molar-refractivity contribution in [1.82, 2.24) is 5.32 Å². The molecule has 0 spiro atoms. The van der Waals surface area contributed by atoms with Crippen LogP contribution >= 0.6 is 0 Å². The minimum atomic E-state index is -0.279. The van der Waals surface area contributed by atoms with E-state index in [4.69, 9.17) is 4.74 Å². The molecule has 1 amide bonds. The van der Waals surface area contributed by atoms with Crippen LogP contribution in [0.25, 0.3) is 0 Å². The molecule has 0 aliphatic carbocycles. The van der Waals surface area contributed by atoms with E-state index in [1.54, 1.807) is 13.8 Å². The Hall–Kier alpha value is -1.06. The normalized spacial score (nSPS) is 11.9. The second-order valence-electron chi connectivity index (χ2n) is 2.61. The molecule has 0 fully saturated rings. The number of carbonyl (C=O) groups excluding carboxylic acids is 2. The highest BCUT2D eigenvalue weighted by Crippen LogP contribution is 1.93. The highest BCUT2D eigenvalue weighted by molar-refractivity contribution is 5.75. The lowest BCUT2D eigenvalue weighted by atomic mass is 10.2. The van der Waals surface area contributed by atoms with Crippen LogP contribution in [0, 0.1) is 0 Å². The Kier molecular flexibility index (Phi) is 5.08. The third-order valence-corrected chi connectivity index (χ3v) is 1.23. The van der Waals surface area contributed by atoms with Gasteiger partial charge in [-0.3, -0.25) is 9.59 Å². The van der Waals surface area contributed by atoms with Gasteiger partial charge in [-0.05, 0) is 13.8 Å². The van der Waals surface area contributed by atoms with Crippen LogP contribution < -0.4 is 5.32 Å². The molecule has 0 bridgehead atoms. The minimum absolute atomic E-state index is 0.133. The summed E-state index contributed by atoms with van der Waals surface area (Å²) in [6.45, 7) is 5.31. The summed E-state index contributed by atoms with van der Waals surface area (Å²) in [6, 6.07) is -0.151. The van der Waals surface area contributed by atoms with Crippen molar-refractivity contribution in [3.63, 3.8) is 0 Å². The van der Waals surface area contributed by atoms with Crippen LogP contribution in [0.3, 0.4) is 0 Å². The molecule has 0 aromatic heterocycles. The first-order valence-corrected chi connectivity index (χ1v) is 3.99. The van der Waals surface area contributed by atoms with Gasteiger partial charge in [0.05, 0.1) is 13.0 Å². The van der Waals surface area contributed by atoms with Gasteiger partial charge in [-0.25, -0.2) is 0 Å². The van der Waals surface area contributed by atoms with Crippen molar-refractivity contribution in [3.8, 4) is 0 Å². The smallest absolute Gasteiger partial charge is 0.307 e. The molecule has 0 aliphatic rings. The zero-order chi connectivity index (χ0) is 9.56. The van der Waals surface area contributed by atoms with E-state index in [9.17, 15) is 9.59 Å². The molecule has 0 radical (unpaired) electrons. The standard InChI is InChI=1S/C8H15NO3/c1-4-12-8(11)5-6(2)9-7(3)10/h6H,4-5H2,1-3H3,(H,9,10)/t6-/m0/s1. The zero-order valence-electron chi connectivity index (χ0n) is 7.72. The molecule has 1 N–H and O–H groups in total. The number of hydrogen-bond acceptors (Lipinski definition) is 3. The summed E-state index contributed by atoms with van der Waals surface area (Å²) in [5, 5.41) is 2.59. The number of rotatable bonds is 4. The van der Waals surface area contributed by atoms with Crippen molar-refractivity contribution in [3.05, 3.63) is 0 Å². The fourth-order valence-electron chi connectivity index (χ4n) is 0.868. The fourth-order valence-corrected chi connectivity index (χ4v) is 0.868. The van der Waals surface area contributed by atoms with Crippen LogP contribution in [-0.2, 0) is 14.3 Å². The minimum Gasteiger partial charge on any atom is -0.466 e. The van der Waals surface area contributed by atoms with E-state index in [1.165, 1.54) is 6.92 Å². The second-order valence-corrected chi connectivity index (χ2v) is 2.61. The number of carbonyl (C=O) groups is 2. The Bertz CT molecular complexity index is 168. The van der Waals surface area contributed by atoms with E-state index in [0.717, 1.165) is 0 Å². The first-order valence-electron chi connectivity index (χ1n) is 3.99. The molecule has 4 nitrogen and oxygen atoms in total. The third kappa shape index (κ3) is 5.70. The van der Waals surface area contributed by atoms with Gasteiger partial charge in [-0.2, -0.15) is 0 Å². The van der Waals surface area contributed by atoms with Crippen LogP contribution in [0.1, 0.15) is 27.2 Å². The topological polar surface area (TPSA) is 55.4 Å². The third-order valence-electron chi connectivity index (χ3n) is 1.23. The zero-order valence-corrected chi connectivity index (χ0v) is 7.72. The van der Waals surface area contributed by atoms with Crippen molar-refractivity contribution < 1.29 is 14.3 Å². The van der Waals surface area contributed by atoms with Gasteiger partial charge in [0.15, 0.2) is 0 Å². The van der Waals surface area contributed by atoms with Gasteiger partial charge >= 0.3 is 5.97 Å². The Morgan fingerprint density at radius 1 is 1.50 bits per heavy atom. The maximum Gasteiger partial charge on any atom is 0.307 e. The summed E-state index contributed by atoms with van der Waals surface area (Å²) in [5.74, 6) is -0.412. The van der Waals surface area contributed by atoms with Gasteiger partial charge in [-0.15, -0.1) is 0 Å². The monoisotopic (exact) mass is 173 g/mol. The summed E-state index contributed by atoms with van der Waals surface area (Å²) >= 11 is 0. The van der Waals surface area contributed by atoms with Crippen LogP contribution in [-0.4, -0.2) is 24.5 Å². The van der Waals surface area contributed by atoms with Gasteiger partial charge in [0.2, 0.25) is 5.91 Å². The molecular formula is C8H15NO3. The van der Waals surface area contributed by atoms with Crippen LogP contribution in [0.15, 0.2) is 0 Å². The lowest BCUT2D eigenvalue weighted by Gasteiger charge is -2.10. The number of hydrogen-bond donors (Lipinski definition) is 1. The molecule has 1 atom stereocenters. The van der Waals surface area contributed by atoms with Gasteiger partial charge in [0, 0.05) is 13.0 Å². The maximum atomic E-state index is 10.9. The van der Waals surface area contributed by atoms with E-state index >= 15 is 0 Å². The summed E-state index contributed by atoms with van der Waals surface area (Å²) < 4.78 is 4.70. The molecule has 70 valence electrons. The van der Waals surface area contributed by atoms with E-state index in [2.05, 4.69) is 5.32 Å². The summed E-state index contributed by atoms with van der Waals surface area (Å²) in [5.41, 5.74) is 0.